The van der Waals surface area contributed by atoms with Gasteiger partial charge >= 0.3 is 6.09 Å². The van der Waals surface area contributed by atoms with Gasteiger partial charge in [-0.15, -0.1) is 0 Å². The Labute approximate surface area is 197 Å². The molecule has 1 aromatic carbocycles. The van der Waals surface area contributed by atoms with E-state index in [0.29, 0.717) is 42.9 Å². The summed E-state index contributed by atoms with van der Waals surface area (Å²) in [7, 11) is 0. The molecule has 3 aromatic rings. The summed E-state index contributed by atoms with van der Waals surface area (Å²) in [5.41, 5.74) is 1.84. The van der Waals surface area contributed by atoms with Gasteiger partial charge in [0.2, 0.25) is 0 Å². The fourth-order valence-electron chi connectivity index (χ4n) is 4.01. The first-order valence-electron chi connectivity index (χ1n) is 11.2. The Morgan fingerprint density at radius 2 is 1.79 bits per heavy atom. The molecule has 1 fully saturated rings. The lowest BCUT2D eigenvalue weighted by molar-refractivity contribution is 0.0203. The summed E-state index contributed by atoms with van der Waals surface area (Å²) in [4.78, 5) is 31.4. The topological polar surface area (TPSA) is 89.3 Å². The molecule has 0 unspecified atom stereocenters. The smallest absolute Gasteiger partial charge is 0.410 e. The second kappa shape index (κ2) is 9.62. The van der Waals surface area contributed by atoms with Crippen LogP contribution >= 0.6 is 0 Å². The predicted octanol–water partition coefficient (Wildman–Crippen LogP) is 4.77. The highest BCUT2D eigenvalue weighted by Gasteiger charge is 2.32. The van der Waals surface area contributed by atoms with Gasteiger partial charge < -0.3 is 15.0 Å². The zero-order chi connectivity index (χ0) is 24.3. The molecule has 1 aliphatic heterocycles. The highest BCUT2D eigenvalue weighted by atomic mass is 19.1. The van der Waals surface area contributed by atoms with Crippen LogP contribution in [0.2, 0.25) is 0 Å². The summed E-state index contributed by atoms with van der Waals surface area (Å²) in [5.74, 6) is -0.676. The van der Waals surface area contributed by atoms with Crippen molar-refractivity contribution in [3.63, 3.8) is 0 Å². The van der Waals surface area contributed by atoms with Crippen molar-refractivity contribution in [2.45, 2.75) is 45.1 Å². The van der Waals surface area contributed by atoms with Gasteiger partial charge in [0.1, 0.15) is 11.4 Å². The Balaban J connectivity index is 1.60. The molecule has 0 spiro atoms. The summed E-state index contributed by atoms with van der Waals surface area (Å²) in [6.45, 7) is 6.51. The van der Waals surface area contributed by atoms with E-state index in [1.807, 2.05) is 20.8 Å². The van der Waals surface area contributed by atoms with Crippen molar-refractivity contribution in [1.29, 1.82) is 0 Å². The van der Waals surface area contributed by atoms with E-state index in [0.717, 1.165) is 5.69 Å². The third-order valence-electron chi connectivity index (χ3n) is 5.58. The molecule has 0 bridgehead atoms. The van der Waals surface area contributed by atoms with Crippen molar-refractivity contribution in [1.82, 2.24) is 19.7 Å². The minimum absolute atomic E-state index is 0.0270. The van der Waals surface area contributed by atoms with E-state index < -0.39 is 5.60 Å². The SMILES string of the molecule is CC(C)(C)OC(=O)N1CCC(c2c(C(=O)Nc3cccnc3)cnn2-c2ccc(F)cc2)CC1. The van der Waals surface area contributed by atoms with Crippen LogP contribution in [0.1, 0.15) is 55.6 Å². The molecule has 1 saturated heterocycles. The van der Waals surface area contributed by atoms with E-state index in [1.54, 1.807) is 46.2 Å². The van der Waals surface area contributed by atoms with Crippen LogP contribution in [0.25, 0.3) is 5.69 Å². The maximum atomic E-state index is 13.5. The van der Waals surface area contributed by atoms with Crippen LogP contribution in [0.15, 0.2) is 55.0 Å². The number of pyridine rings is 1. The van der Waals surface area contributed by atoms with Gasteiger partial charge in [0.15, 0.2) is 0 Å². The van der Waals surface area contributed by atoms with E-state index >= 15 is 0 Å². The predicted molar refractivity (Wildman–Crippen MR) is 125 cm³/mol. The van der Waals surface area contributed by atoms with Gasteiger partial charge in [-0.2, -0.15) is 5.10 Å². The fourth-order valence-corrected chi connectivity index (χ4v) is 4.01. The summed E-state index contributed by atoms with van der Waals surface area (Å²) < 4.78 is 20.7. The lowest BCUT2D eigenvalue weighted by Crippen LogP contribution is -2.41. The molecule has 178 valence electrons. The molecule has 4 rings (SSSR count). The first-order chi connectivity index (χ1) is 16.2. The second-order valence-electron chi connectivity index (χ2n) is 9.27. The molecule has 8 nitrogen and oxygen atoms in total. The van der Waals surface area contributed by atoms with E-state index in [1.165, 1.54) is 18.3 Å². The molecule has 2 amide bonds. The molecule has 2 aromatic heterocycles. The molecule has 1 N–H and O–H groups in total. The molecule has 0 aliphatic carbocycles. The van der Waals surface area contributed by atoms with Crippen molar-refractivity contribution in [2.24, 2.45) is 0 Å². The van der Waals surface area contributed by atoms with Crippen LogP contribution in [-0.2, 0) is 4.74 Å². The number of rotatable bonds is 4. The largest absolute Gasteiger partial charge is 0.444 e. The second-order valence-corrected chi connectivity index (χ2v) is 9.27. The maximum Gasteiger partial charge on any atom is 0.410 e. The summed E-state index contributed by atoms with van der Waals surface area (Å²) >= 11 is 0. The number of ether oxygens (including phenoxy) is 1. The van der Waals surface area contributed by atoms with Crippen molar-refractivity contribution >= 4 is 17.7 Å². The van der Waals surface area contributed by atoms with Crippen LogP contribution in [-0.4, -0.2) is 50.4 Å². The van der Waals surface area contributed by atoms with Gasteiger partial charge in [-0.1, -0.05) is 0 Å². The number of nitrogens with one attached hydrogen (secondary N) is 1. The van der Waals surface area contributed by atoms with E-state index in [9.17, 15) is 14.0 Å². The molecule has 34 heavy (non-hydrogen) atoms. The number of carbonyl (C=O) groups is 2. The Hall–Kier alpha value is -3.75. The maximum absolute atomic E-state index is 13.5. The minimum Gasteiger partial charge on any atom is -0.444 e. The van der Waals surface area contributed by atoms with Gasteiger partial charge in [0.25, 0.3) is 5.91 Å². The standard InChI is InChI=1S/C25H28FN5O3/c1-25(2,3)34-24(33)30-13-10-17(11-14-30)22-21(23(32)29-19-5-4-12-27-15-19)16-28-31(22)20-8-6-18(26)7-9-20/h4-9,12,15-17H,10-11,13-14H2,1-3H3,(H,29,32). The molecule has 3 heterocycles. The van der Waals surface area contributed by atoms with Crippen molar-refractivity contribution < 1.29 is 18.7 Å². The van der Waals surface area contributed by atoms with Crippen LogP contribution < -0.4 is 5.32 Å². The number of benzene rings is 1. The lowest BCUT2D eigenvalue weighted by atomic mass is 9.91. The number of nitrogens with zero attached hydrogens (tertiary/aromatic N) is 4. The third kappa shape index (κ3) is 5.41. The summed E-state index contributed by atoms with van der Waals surface area (Å²) in [5, 5.41) is 7.33. The number of anilines is 1. The average molecular weight is 466 g/mol. The number of likely N-dealkylation sites (tertiary alicyclic amines) is 1. The highest BCUT2D eigenvalue weighted by Crippen LogP contribution is 2.33. The van der Waals surface area contributed by atoms with Crippen LogP contribution in [0.5, 0.6) is 0 Å². The number of halogens is 1. The monoisotopic (exact) mass is 465 g/mol. The van der Waals surface area contributed by atoms with Crippen molar-refractivity contribution in [2.75, 3.05) is 18.4 Å². The first-order valence-corrected chi connectivity index (χ1v) is 11.2. The van der Waals surface area contributed by atoms with Crippen molar-refractivity contribution in [3.8, 4) is 5.69 Å². The summed E-state index contributed by atoms with van der Waals surface area (Å²) in [6.07, 6.45) is 5.67. The number of piperidine rings is 1. The van der Waals surface area contributed by atoms with Crippen LogP contribution in [0.4, 0.5) is 14.9 Å². The quantitative estimate of drug-likeness (QED) is 0.599. The zero-order valence-corrected chi connectivity index (χ0v) is 19.5. The third-order valence-corrected chi connectivity index (χ3v) is 5.58. The highest BCUT2D eigenvalue weighted by molar-refractivity contribution is 6.05. The first kappa shape index (κ1) is 23.4. The number of hydrogen-bond donors (Lipinski definition) is 1. The van der Waals surface area contributed by atoms with Crippen LogP contribution in [0, 0.1) is 5.82 Å². The Morgan fingerprint density at radius 1 is 1.09 bits per heavy atom. The molecule has 9 heteroatoms. The number of aromatic nitrogens is 3. The normalized spacial score (nSPS) is 14.6. The molecular weight excluding hydrogens is 437 g/mol. The molecular formula is C25H28FN5O3. The van der Waals surface area contributed by atoms with Gasteiger partial charge in [0.05, 0.1) is 35.0 Å². The van der Waals surface area contributed by atoms with Gasteiger partial charge in [0, 0.05) is 25.2 Å². The number of amides is 2. The molecule has 0 radical (unpaired) electrons. The van der Waals surface area contributed by atoms with Crippen molar-refractivity contribution in [3.05, 3.63) is 72.1 Å². The lowest BCUT2D eigenvalue weighted by Gasteiger charge is -2.34. The Morgan fingerprint density at radius 3 is 2.41 bits per heavy atom. The summed E-state index contributed by atoms with van der Waals surface area (Å²) in [6, 6.07) is 9.48. The molecule has 0 atom stereocenters. The number of hydrogen-bond acceptors (Lipinski definition) is 5. The number of carbonyl (C=O) groups excluding carboxylic acids is 2. The Kier molecular flexibility index (Phi) is 6.63. The van der Waals surface area contributed by atoms with E-state index in [4.69, 9.17) is 4.74 Å². The molecule has 1 aliphatic rings. The minimum atomic E-state index is -0.563. The van der Waals surface area contributed by atoms with Crippen LogP contribution in [0.3, 0.4) is 0 Å². The fraction of sp³-hybridized carbons (Fsp3) is 0.360. The molecule has 0 saturated carbocycles. The van der Waals surface area contributed by atoms with Gasteiger partial charge in [-0.25, -0.2) is 13.9 Å². The zero-order valence-electron chi connectivity index (χ0n) is 19.5. The average Bonchev–Trinajstić information content (AvgIpc) is 3.24. The van der Waals surface area contributed by atoms with Gasteiger partial charge in [-0.3, -0.25) is 9.78 Å². The van der Waals surface area contributed by atoms with Gasteiger partial charge in [-0.05, 0) is 70.0 Å². The van der Waals surface area contributed by atoms with E-state index in [2.05, 4.69) is 15.4 Å². The van der Waals surface area contributed by atoms with E-state index in [-0.39, 0.29) is 23.7 Å². The Bertz CT molecular complexity index is 1150.